The zero-order chi connectivity index (χ0) is 20.5. The molecule has 1 amide bonds. The number of rotatable bonds is 5. The van der Waals surface area contributed by atoms with Gasteiger partial charge in [-0.2, -0.15) is 0 Å². The van der Waals surface area contributed by atoms with E-state index >= 15 is 0 Å². The molecule has 3 nitrogen and oxygen atoms in total. The largest absolute Gasteiger partial charge is 0.342 e. The van der Waals surface area contributed by atoms with Gasteiger partial charge >= 0.3 is 0 Å². The Morgan fingerprint density at radius 2 is 1.86 bits per heavy atom. The molecule has 1 aliphatic heterocycles. The Bertz CT molecular complexity index is 1150. The molecule has 0 spiro atoms. The number of hydrogen-bond acceptors (Lipinski definition) is 3. The van der Waals surface area contributed by atoms with Crippen LogP contribution in [0.25, 0.3) is 17.0 Å². The number of hydrogen-bond donors (Lipinski definition) is 0. The second-order valence-electron chi connectivity index (χ2n) is 6.90. The number of amides is 1. The van der Waals surface area contributed by atoms with Crippen LogP contribution in [0.15, 0.2) is 53.6 Å². The van der Waals surface area contributed by atoms with E-state index in [9.17, 15) is 4.79 Å². The van der Waals surface area contributed by atoms with E-state index in [1.165, 1.54) is 22.8 Å². The Morgan fingerprint density at radius 1 is 1.10 bits per heavy atom. The van der Waals surface area contributed by atoms with Gasteiger partial charge in [-0.25, -0.2) is 0 Å². The zero-order valence-corrected chi connectivity index (χ0v) is 18.7. The van der Waals surface area contributed by atoms with Gasteiger partial charge in [-0.15, -0.1) is 0 Å². The molecule has 3 aromatic rings. The fourth-order valence-corrected chi connectivity index (χ4v) is 5.29. The molecule has 148 valence electrons. The van der Waals surface area contributed by atoms with Crippen molar-refractivity contribution in [2.45, 2.75) is 26.8 Å². The van der Waals surface area contributed by atoms with E-state index in [-0.39, 0.29) is 5.91 Å². The first kappa shape index (κ1) is 20.2. The fraction of sp³-hybridized carbons (Fsp3) is 0.217. The smallest absolute Gasteiger partial charge is 0.266 e. The minimum Gasteiger partial charge on any atom is -0.342 e. The zero-order valence-electron chi connectivity index (χ0n) is 16.3. The summed E-state index contributed by atoms with van der Waals surface area (Å²) in [5.41, 5.74) is 4.56. The minimum absolute atomic E-state index is 0.0128. The summed E-state index contributed by atoms with van der Waals surface area (Å²) in [6.07, 6.45) is 5.02. The monoisotopic (exact) mass is 440 g/mol. The standard InChI is InChI=1S/C23H21ClN2OS2/c1-3-15-9-7-10-18-17(12-20-22(27)26(4-2)23(28)29-20)14-25(21(15)18)13-16-8-5-6-11-19(16)24/h5-12,14H,3-4,13H2,1-2H3/b20-12-. The first-order valence-electron chi connectivity index (χ1n) is 9.63. The maximum absolute atomic E-state index is 12.7. The molecule has 0 aliphatic carbocycles. The Morgan fingerprint density at radius 3 is 2.55 bits per heavy atom. The van der Waals surface area contributed by atoms with Crippen molar-refractivity contribution >= 4 is 62.8 Å². The van der Waals surface area contributed by atoms with Crippen LogP contribution in [0.5, 0.6) is 0 Å². The van der Waals surface area contributed by atoms with Crippen molar-refractivity contribution in [2.75, 3.05) is 6.54 Å². The van der Waals surface area contributed by atoms with Gasteiger partial charge in [0, 0.05) is 35.3 Å². The maximum Gasteiger partial charge on any atom is 0.266 e. The number of aryl methyl sites for hydroxylation is 1. The topological polar surface area (TPSA) is 25.2 Å². The molecule has 1 saturated heterocycles. The molecule has 4 rings (SSSR count). The highest BCUT2D eigenvalue weighted by Crippen LogP contribution is 2.35. The second-order valence-corrected chi connectivity index (χ2v) is 8.98. The molecular weight excluding hydrogens is 420 g/mol. The summed E-state index contributed by atoms with van der Waals surface area (Å²) in [6.45, 7) is 5.37. The van der Waals surface area contributed by atoms with Crippen LogP contribution in [0, 0.1) is 0 Å². The number of thioether (sulfide) groups is 1. The molecule has 1 aliphatic rings. The lowest BCUT2D eigenvalue weighted by Crippen LogP contribution is -2.27. The first-order chi connectivity index (χ1) is 14.0. The van der Waals surface area contributed by atoms with Gasteiger partial charge in [0.2, 0.25) is 0 Å². The third-order valence-corrected chi connectivity index (χ3v) is 6.92. The van der Waals surface area contributed by atoms with Crippen LogP contribution in [0.1, 0.15) is 30.5 Å². The van der Waals surface area contributed by atoms with Crippen molar-refractivity contribution in [2.24, 2.45) is 0 Å². The number of thiocarbonyl (C=S) groups is 1. The highest BCUT2D eigenvalue weighted by Gasteiger charge is 2.31. The van der Waals surface area contributed by atoms with Crippen molar-refractivity contribution in [3.8, 4) is 0 Å². The second kappa shape index (κ2) is 8.34. The van der Waals surface area contributed by atoms with Gasteiger partial charge in [-0.05, 0) is 36.6 Å². The van der Waals surface area contributed by atoms with Gasteiger partial charge in [0.25, 0.3) is 5.91 Å². The summed E-state index contributed by atoms with van der Waals surface area (Å²) in [5, 5.41) is 1.90. The molecule has 0 unspecified atom stereocenters. The lowest BCUT2D eigenvalue weighted by Gasteiger charge is -2.10. The van der Waals surface area contributed by atoms with Crippen LogP contribution in [0.2, 0.25) is 5.02 Å². The number of carbonyl (C=O) groups is 1. The fourth-order valence-electron chi connectivity index (χ4n) is 3.71. The normalized spacial score (nSPS) is 15.8. The van der Waals surface area contributed by atoms with Crippen LogP contribution in [-0.2, 0) is 17.8 Å². The van der Waals surface area contributed by atoms with E-state index in [1.54, 1.807) is 4.90 Å². The number of benzene rings is 2. The van der Waals surface area contributed by atoms with Crippen LogP contribution < -0.4 is 0 Å². The maximum atomic E-state index is 12.7. The van der Waals surface area contributed by atoms with Crippen molar-refractivity contribution in [3.05, 3.63) is 75.3 Å². The number of fused-ring (bicyclic) bond motifs is 1. The summed E-state index contributed by atoms with van der Waals surface area (Å²) < 4.78 is 2.86. The molecule has 1 fully saturated rings. The summed E-state index contributed by atoms with van der Waals surface area (Å²) in [6, 6.07) is 14.3. The van der Waals surface area contributed by atoms with Crippen LogP contribution in [-0.4, -0.2) is 26.2 Å². The van der Waals surface area contributed by atoms with Gasteiger partial charge in [0.05, 0.1) is 10.4 Å². The molecule has 2 heterocycles. The number of para-hydroxylation sites is 1. The molecule has 0 bridgehead atoms. The van der Waals surface area contributed by atoms with E-state index in [2.05, 4.69) is 42.0 Å². The van der Waals surface area contributed by atoms with Gasteiger partial charge < -0.3 is 4.57 Å². The van der Waals surface area contributed by atoms with E-state index < -0.39 is 0 Å². The van der Waals surface area contributed by atoms with Crippen LogP contribution >= 0.6 is 35.6 Å². The highest BCUT2D eigenvalue weighted by atomic mass is 35.5. The average molecular weight is 441 g/mol. The van der Waals surface area contributed by atoms with Crippen molar-refractivity contribution in [3.63, 3.8) is 0 Å². The lowest BCUT2D eigenvalue weighted by atomic mass is 10.1. The van der Waals surface area contributed by atoms with Gasteiger partial charge in [0.1, 0.15) is 4.32 Å². The van der Waals surface area contributed by atoms with Crippen molar-refractivity contribution in [1.29, 1.82) is 0 Å². The summed E-state index contributed by atoms with van der Waals surface area (Å²) in [5.74, 6) is -0.0128. The molecule has 0 N–H and O–H groups in total. The Hall–Kier alpha value is -2.08. The molecule has 0 radical (unpaired) electrons. The Labute approximate surface area is 185 Å². The quantitative estimate of drug-likeness (QED) is 0.352. The van der Waals surface area contributed by atoms with Crippen molar-refractivity contribution in [1.82, 2.24) is 9.47 Å². The van der Waals surface area contributed by atoms with Gasteiger partial charge in [0.15, 0.2) is 0 Å². The number of aromatic nitrogens is 1. The summed E-state index contributed by atoms with van der Waals surface area (Å²) >= 11 is 13.2. The molecule has 0 saturated carbocycles. The first-order valence-corrected chi connectivity index (χ1v) is 11.2. The van der Waals surface area contributed by atoms with E-state index in [1.807, 2.05) is 31.2 Å². The lowest BCUT2D eigenvalue weighted by molar-refractivity contribution is -0.121. The highest BCUT2D eigenvalue weighted by molar-refractivity contribution is 8.26. The van der Waals surface area contributed by atoms with Crippen LogP contribution in [0.4, 0.5) is 0 Å². The molecule has 0 atom stereocenters. The number of likely N-dealkylation sites (N-methyl/N-ethyl adjacent to an activating group) is 1. The third kappa shape index (κ3) is 3.75. The Balaban J connectivity index is 1.84. The predicted octanol–water partition coefficient (Wildman–Crippen LogP) is 6.13. The minimum atomic E-state index is -0.0128. The summed E-state index contributed by atoms with van der Waals surface area (Å²) in [4.78, 5) is 15.0. The SMILES string of the molecule is CCc1cccc2c(/C=C3\SC(=S)N(CC)C3=O)cn(Cc3ccccc3Cl)c12. The van der Waals surface area contributed by atoms with Crippen LogP contribution in [0.3, 0.4) is 0 Å². The Kier molecular flexibility index (Phi) is 5.81. The third-order valence-electron chi connectivity index (χ3n) is 5.17. The number of halogens is 1. The molecule has 2 aromatic carbocycles. The predicted molar refractivity (Wildman–Crippen MR) is 127 cm³/mol. The van der Waals surface area contributed by atoms with E-state index in [4.69, 9.17) is 23.8 Å². The average Bonchev–Trinajstić information content (AvgIpc) is 3.20. The number of carbonyl (C=O) groups excluding carboxylic acids is 1. The number of nitrogens with zero attached hydrogens (tertiary/aromatic N) is 2. The molecule has 6 heteroatoms. The summed E-state index contributed by atoms with van der Waals surface area (Å²) in [7, 11) is 0. The van der Waals surface area contributed by atoms with E-state index in [0.717, 1.165) is 28.0 Å². The van der Waals surface area contributed by atoms with Gasteiger partial charge in [-0.3, -0.25) is 9.69 Å². The molecule has 29 heavy (non-hydrogen) atoms. The molecule has 1 aromatic heterocycles. The van der Waals surface area contributed by atoms with Gasteiger partial charge in [-0.1, -0.05) is 78.9 Å². The molecular formula is C23H21ClN2OS2. The van der Waals surface area contributed by atoms with Crippen molar-refractivity contribution < 1.29 is 4.79 Å². The van der Waals surface area contributed by atoms with E-state index in [0.29, 0.717) is 22.3 Å².